The van der Waals surface area contributed by atoms with Gasteiger partial charge in [-0.1, -0.05) is 265 Å². The number of nitrogens with zero attached hydrogens (tertiary/aromatic N) is 1. The Kier molecular flexibility index (Phi) is 53.3. The second kappa shape index (κ2) is 55.2. The first-order valence-electron chi connectivity index (χ1n) is 30.6. The molecule has 0 heterocycles. The predicted octanol–water partition coefficient (Wildman–Crippen LogP) is 19.0. The number of quaternary nitrogens is 1. The molecule has 3 N–H and O–H groups in total. The lowest BCUT2D eigenvalue weighted by Gasteiger charge is -2.25. The van der Waals surface area contributed by atoms with Gasteiger partial charge in [0, 0.05) is 6.42 Å². The van der Waals surface area contributed by atoms with E-state index in [1.54, 1.807) is 6.08 Å². The molecule has 3 unspecified atom stereocenters. The molecule has 0 aliphatic heterocycles. The topological polar surface area (TPSA) is 105 Å². The molecule has 0 saturated heterocycles. The lowest BCUT2D eigenvalue weighted by molar-refractivity contribution is -0.870. The Hall–Kier alpha value is -2.58. The van der Waals surface area contributed by atoms with Crippen molar-refractivity contribution in [3.8, 4) is 0 Å². The minimum atomic E-state index is -4.38. The van der Waals surface area contributed by atoms with Gasteiger partial charge in [-0.3, -0.25) is 13.8 Å². The minimum absolute atomic E-state index is 0.0424. The average Bonchev–Trinajstić information content (AvgIpc) is 3.36. The van der Waals surface area contributed by atoms with Gasteiger partial charge < -0.3 is 19.8 Å². The SMILES string of the molecule is CC/C=C\C/C=C\C/C=C\C/C=C\C/C=C\C/C=C\CCCCC(=O)NC(COP(=O)(O)OCC[N+](C)(C)C)C(O)/C=C/CC/C=C/CCCCCCCCCCCCCCCCCCCCCCCCCCC. The number of amides is 1. The Morgan fingerprint density at radius 3 is 1.24 bits per heavy atom. The van der Waals surface area contributed by atoms with Gasteiger partial charge in [0.25, 0.3) is 0 Å². The van der Waals surface area contributed by atoms with Crippen molar-refractivity contribution in [1.29, 1.82) is 0 Å². The molecule has 0 aromatic rings. The number of phosphoric acid groups is 1. The maximum absolute atomic E-state index is 13.0. The summed E-state index contributed by atoms with van der Waals surface area (Å²) in [6, 6.07) is -0.895. The maximum Gasteiger partial charge on any atom is 0.472 e. The van der Waals surface area contributed by atoms with Crippen LogP contribution in [-0.4, -0.2) is 73.4 Å². The molecule has 1 amide bonds. The molecule has 0 aliphatic carbocycles. The summed E-state index contributed by atoms with van der Waals surface area (Å²) in [5.41, 5.74) is 0. The van der Waals surface area contributed by atoms with Crippen LogP contribution in [0.25, 0.3) is 0 Å². The van der Waals surface area contributed by atoms with E-state index >= 15 is 0 Å². The van der Waals surface area contributed by atoms with Crippen LogP contribution in [-0.2, 0) is 18.4 Å². The van der Waals surface area contributed by atoms with Gasteiger partial charge in [0.15, 0.2) is 0 Å². The highest BCUT2D eigenvalue weighted by Gasteiger charge is 2.27. The van der Waals surface area contributed by atoms with E-state index in [2.05, 4.69) is 104 Å². The summed E-state index contributed by atoms with van der Waals surface area (Å²) in [5.74, 6) is -0.230. The molecular weight excluding hydrogens is 936 g/mol. The molecule has 0 radical (unpaired) electrons. The molecular formula is C65H118N2O6P+. The quantitative estimate of drug-likeness (QED) is 0.0243. The number of carbonyl (C=O) groups is 1. The lowest BCUT2D eigenvalue weighted by Crippen LogP contribution is -2.45. The third-order valence-corrected chi connectivity index (χ3v) is 14.3. The van der Waals surface area contributed by atoms with E-state index in [0.717, 1.165) is 70.6 Å². The number of aliphatic hydroxyl groups excluding tert-OH is 1. The number of phosphoric ester groups is 1. The second-order valence-corrected chi connectivity index (χ2v) is 23.1. The summed E-state index contributed by atoms with van der Waals surface area (Å²) >= 11 is 0. The van der Waals surface area contributed by atoms with Crippen molar-refractivity contribution in [2.45, 2.75) is 270 Å². The van der Waals surface area contributed by atoms with Gasteiger partial charge >= 0.3 is 7.82 Å². The molecule has 0 saturated carbocycles. The molecule has 74 heavy (non-hydrogen) atoms. The zero-order valence-corrected chi connectivity index (χ0v) is 49.7. The molecule has 428 valence electrons. The first kappa shape index (κ1) is 71.4. The molecule has 0 bridgehead atoms. The fraction of sp³-hybridized carbons (Fsp3) is 0.738. The van der Waals surface area contributed by atoms with Gasteiger partial charge in [0.05, 0.1) is 39.9 Å². The van der Waals surface area contributed by atoms with E-state index < -0.39 is 20.0 Å². The van der Waals surface area contributed by atoms with Crippen LogP contribution in [0.4, 0.5) is 0 Å². The van der Waals surface area contributed by atoms with E-state index in [-0.39, 0.29) is 25.5 Å². The molecule has 0 aromatic carbocycles. The number of nitrogens with one attached hydrogen (secondary N) is 1. The Bertz CT molecular complexity index is 1520. The van der Waals surface area contributed by atoms with Crippen LogP contribution in [0.15, 0.2) is 97.2 Å². The largest absolute Gasteiger partial charge is 0.472 e. The third kappa shape index (κ3) is 57.1. The van der Waals surface area contributed by atoms with Gasteiger partial charge in [-0.05, 0) is 83.5 Å². The smallest absolute Gasteiger partial charge is 0.387 e. The van der Waals surface area contributed by atoms with Crippen LogP contribution in [0.1, 0.15) is 258 Å². The van der Waals surface area contributed by atoms with Crippen LogP contribution < -0.4 is 5.32 Å². The van der Waals surface area contributed by atoms with Crippen molar-refractivity contribution < 1.29 is 32.9 Å². The molecule has 3 atom stereocenters. The highest BCUT2D eigenvalue weighted by atomic mass is 31.2. The van der Waals surface area contributed by atoms with Crippen molar-refractivity contribution >= 4 is 13.7 Å². The fourth-order valence-corrected chi connectivity index (χ4v) is 9.27. The molecule has 0 spiro atoms. The summed E-state index contributed by atoms with van der Waals surface area (Å²) in [6.45, 7) is 4.66. The molecule has 0 rings (SSSR count). The number of hydrogen-bond donors (Lipinski definition) is 3. The van der Waals surface area contributed by atoms with Gasteiger partial charge in [-0.15, -0.1) is 0 Å². The predicted molar refractivity (Wildman–Crippen MR) is 322 cm³/mol. The molecule has 0 fully saturated rings. The van der Waals surface area contributed by atoms with Crippen LogP contribution in [0.3, 0.4) is 0 Å². The van der Waals surface area contributed by atoms with E-state index in [9.17, 15) is 19.4 Å². The van der Waals surface area contributed by atoms with Crippen molar-refractivity contribution in [2.24, 2.45) is 0 Å². The zero-order chi connectivity index (χ0) is 54.2. The number of carbonyl (C=O) groups excluding carboxylic acids is 1. The maximum atomic E-state index is 13.0. The van der Waals surface area contributed by atoms with Crippen molar-refractivity contribution in [3.05, 3.63) is 97.2 Å². The number of allylic oxidation sites excluding steroid dienone is 15. The number of likely N-dealkylation sites (N-methyl/N-ethyl adjacent to an activating group) is 1. The number of aliphatic hydroxyl groups is 1. The lowest BCUT2D eigenvalue weighted by atomic mass is 10.0. The highest BCUT2D eigenvalue weighted by Crippen LogP contribution is 2.43. The first-order valence-corrected chi connectivity index (χ1v) is 32.1. The Labute approximate surface area is 458 Å². The van der Waals surface area contributed by atoms with E-state index in [1.165, 1.54) is 161 Å². The van der Waals surface area contributed by atoms with Crippen LogP contribution >= 0.6 is 7.82 Å². The fourth-order valence-electron chi connectivity index (χ4n) is 8.53. The van der Waals surface area contributed by atoms with Crippen LogP contribution in [0.5, 0.6) is 0 Å². The molecule has 0 aromatic heterocycles. The minimum Gasteiger partial charge on any atom is -0.387 e. The van der Waals surface area contributed by atoms with Crippen molar-refractivity contribution in [2.75, 3.05) is 40.9 Å². The van der Waals surface area contributed by atoms with Crippen LogP contribution in [0.2, 0.25) is 0 Å². The summed E-state index contributed by atoms with van der Waals surface area (Å²) in [6.07, 6.45) is 79.7. The Balaban J connectivity index is 4.25. The van der Waals surface area contributed by atoms with Crippen molar-refractivity contribution in [3.63, 3.8) is 0 Å². The monoisotopic (exact) mass is 1050 g/mol. The summed E-state index contributed by atoms with van der Waals surface area (Å²) in [5, 5.41) is 13.9. The molecule has 9 heteroatoms. The van der Waals surface area contributed by atoms with Gasteiger partial charge in [0.2, 0.25) is 5.91 Å². The third-order valence-electron chi connectivity index (χ3n) is 13.3. The Morgan fingerprint density at radius 2 is 0.824 bits per heavy atom. The highest BCUT2D eigenvalue weighted by molar-refractivity contribution is 7.47. The van der Waals surface area contributed by atoms with E-state index in [4.69, 9.17) is 9.05 Å². The number of rotatable bonds is 55. The second-order valence-electron chi connectivity index (χ2n) is 21.7. The van der Waals surface area contributed by atoms with Gasteiger partial charge in [-0.25, -0.2) is 4.57 Å². The van der Waals surface area contributed by atoms with E-state index in [0.29, 0.717) is 17.4 Å². The summed E-state index contributed by atoms with van der Waals surface area (Å²) in [4.78, 5) is 23.3. The van der Waals surface area contributed by atoms with Crippen molar-refractivity contribution in [1.82, 2.24) is 5.32 Å². The number of hydrogen-bond acceptors (Lipinski definition) is 5. The normalized spacial score (nSPS) is 14.5. The first-order chi connectivity index (χ1) is 36.0. The molecule has 8 nitrogen and oxygen atoms in total. The van der Waals surface area contributed by atoms with Crippen LogP contribution in [0, 0.1) is 0 Å². The summed E-state index contributed by atoms with van der Waals surface area (Å²) in [7, 11) is 1.51. The summed E-state index contributed by atoms with van der Waals surface area (Å²) < 4.78 is 23.7. The van der Waals surface area contributed by atoms with Gasteiger partial charge in [-0.2, -0.15) is 0 Å². The Morgan fingerprint density at radius 1 is 0.473 bits per heavy atom. The number of unbranched alkanes of at least 4 members (excludes halogenated alkanes) is 28. The average molecular weight is 1050 g/mol. The zero-order valence-electron chi connectivity index (χ0n) is 48.8. The van der Waals surface area contributed by atoms with E-state index in [1.807, 2.05) is 27.2 Å². The standard InChI is InChI=1S/C65H117N2O6P/c1-6-8-10-12-14-16-18-20-22-24-26-28-29-30-31-32-33-34-35-36-37-39-40-42-44-46-48-50-52-54-56-58-64(68)63(62-73-74(70,71)72-61-60-67(3,4)5)66-65(69)59-57-55-53-51-49-47-45-43-41-38-27-25-23-21-19-17-15-13-11-9-7-2/h9,11,15,17,21,23,27,38,43,45,48-51,56,58,63-64,68H,6-8,10,12-14,16,18-20,22,24-26,28-37,39-42,44,46-47,52-55,57,59-62H2,1-5H3,(H-,66,69,70,71)/p+1/b11-9-,17-15-,23-21-,38-27-,45-43-,50-48+,51-49-,58-56+. The van der Waals surface area contributed by atoms with Gasteiger partial charge in [0.1, 0.15) is 13.2 Å². The molecule has 0 aliphatic rings.